The van der Waals surface area contributed by atoms with Crippen molar-refractivity contribution in [1.82, 2.24) is 9.88 Å². The van der Waals surface area contributed by atoms with E-state index >= 15 is 0 Å². The SMILES string of the molecule is N#Cc1ccc(N2CC3CCC2CN3C(=O)O)nc1. The number of piperidine rings is 2. The molecule has 0 radical (unpaired) electrons. The van der Waals surface area contributed by atoms with E-state index in [1.807, 2.05) is 12.1 Å². The third-order valence-corrected chi connectivity index (χ3v) is 3.95. The van der Waals surface area contributed by atoms with Gasteiger partial charge in [-0.15, -0.1) is 0 Å². The first-order valence-electron chi connectivity index (χ1n) is 6.31. The molecule has 0 aromatic carbocycles. The molecule has 6 nitrogen and oxygen atoms in total. The van der Waals surface area contributed by atoms with Crippen LogP contribution in [-0.2, 0) is 0 Å². The minimum atomic E-state index is -0.831. The average Bonchev–Trinajstić information content (AvgIpc) is 2.47. The summed E-state index contributed by atoms with van der Waals surface area (Å²) in [6.07, 6.45) is 2.65. The Balaban J connectivity index is 1.81. The highest BCUT2D eigenvalue weighted by molar-refractivity contribution is 5.66. The zero-order chi connectivity index (χ0) is 13.4. The van der Waals surface area contributed by atoms with Gasteiger partial charge in [0.2, 0.25) is 0 Å². The molecule has 3 saturated heterocycles. The maximum absolute atomic E-state index is 11.1. The van der Waals surface area contributed by atoms with E-state index in [2.05, 4.69) is 9.88 Å². The summed E-state index contributed by atoms with van der Waals surface area (Å²) < 4.78 is 0. The molecule has 3 aliphatic rings. The van der Waals surface area contributed by atoms with Crippen molar-refractivity contribution in [1.29, 1.82) is 5.26 Å². The van der Waals surface area contributed by atoms with Crippen LogP contribution in [0.15, 0.2) is 18.3 Å². The molecule has 1 amide bonds. The Morgan fingerprint density at radius 3 is 2.68 bits per heavy atom. The van der Waals surface area contributed by atoms with Crippen LogP contribution in [0.1, 0.15) is 18.4 Å². The summed E-state index contributed by atoms with van der Waals surface area (Å²) >= 11 is 0. The Hall–Kier alpha value is -2.29. The molecule has 2 unspecified atom stereocenters. The van der Waals surface area contributed by atoms with Gasteiger partial charge >= 0.3 is 6.09 Å². The summed E-state index contributed by atoms with van der Waals surface area (Å²) in [6, 6.07) is 5.88. The molecule has 0 aliphatic carbocycles. The molecular formula is C13H14N4O2. The lowest BCUT2D eigenvalue weighted by molar-refractivity contribution is 0.0803. The van der Waals surface area contributed by atoms with Crippen molar-refractivity contribution in [2.45, 2.75) is 24.9 Å². The van der Waals surface area contributed by atoms with E-state index in [9.17, 15) is 4.79 Å². The highest BCUT2D eigenvalue weighted by Crippen LogP contribution is 2.31. The van der Waals surface area contributed by atoms with Gasteiger partial charge < -0.3 is 14.9 Å². The second-order valence-corrected chi connectivity index (χ2v) is 4.99. The monoisotopic (exact) mass is 258 g/mol. The van der Waals surface area contributed by atoms with Crippen molar-refractivity contribution in [3.05, 3.63) is 23.9 Å². The van der Waals surface area contributed by atoms with Gasteiger partial charge in [0, 0.05) is 25.3 Å². The summed E-state index contributed by atoms with van der Waals surface area (Å²) in [6.45, 7) is 1.23. The number of nitriles is 1. The fourth-order valence-corrected chi connectivity index (χ4v) is 2.97. The Labute approximate surface area is 110 Å². The van der Waals surface area contributed by atoms with Gasteiger partial charge in [-0.2, -0.15) is 5.26 Å². The van der Waals surface area contributed by atoms with Gasteiger partial charge in [-0.3, -0.25) is 0 Å². The van der Waals surface area contributed by atoms with Gasteiger partial charge in [-0.25, -0.2) is 9.78 Å². The predicted molar refractivity (Wildman–Crippen MR) is 67.8 cm³/mol. The highest BCUT2D eigenvalue weighted by atomic mass is 16.4. The fourth-order valence-electron chi connectivity index (χ4n) is 2.97. The number of nitrogens with zero attached hydrogens (tertiary/aromatic N) is 4. The molecule has 0 spiro atoms. The van der Waals surface area contributed by atoms with E-state index in [0.717, 1.165) is 18.7 Å². The number of carbonyl (C=O) groups is 1. The molecule has 2 bridgehead atoms. The van der Waals surface area contributed by atoms with Crippen LogP contribution in [0.4, 0.5) is 10.6 Å². The van der Waals surface area contributed by atoms with Gasteiger partial charge in [0.05, 0.1) is 11.6 Å². The number of fused-ring (bicyclic) bond motifs is 3. The van der Waals surface area contributed by atoms with Crippen molar-refractivity contribution < 1.29 is 9.90 Å². The quantitative estimate of drug-likeness (QED) is 0.820. The van der Waals surface area contributed by atoms with E-state index in [0.29, 0.717) is 18.7 Å². The Bertz CT molecular complexity index is 537. The fraction of sp³-hybridized carbons (Fsp3) is 0.462. The largest absolute Gasteiger partial charge is 0.465 e. The number of aromatic nitrogens is 1. The van der Waals surface area contributed by atoms with Crippen molar-refractivity contribution in [3.63, 3.8) is 0 Å². The van der Waals surface area contributed by atoms with Crippen molar-refractivity contribution in [2.24, 2.45) is 0 Å². The second kappa shape index (κ2) is 4.43. The Morgan fingerprint density at radius 2 is 2.16 bits per heavy atom. The summed E-state index contributed by atoms with van der Waals surface area (Å²) in [4.78, 5) is 19.1. The molecule has 4 rings (SSSR count). The minimum absolute atomic E-state index is 0.0555. The topological polar surface area (TPSA) is 80.5 Å². The highest BCUT2D eigenvalue weighted by Gasteiger charge is 2.41. The first kappa shape index (κ1) is 11.8. The van der Waals surface area contributed by atoms with E-state index in [1.54, 1.807) is 12.3 Å². The van der Waals surface area contributed by atoms with Gasteiger partial charge in [0.1, 0.15) is 11.9 Å². The van der Waals surface area contributed by atoms with E-state index in [4.69, 9.17) is 10.4 Å². The van der Waals surface area contributed by atoms with Crippen molar-refractivity contribution in [3.8, 4) is 6.07 Å². The molecule has 6 heteroatoms. The summed E-state index contributed by atoms with van der Waals surface area (Å²) in [5.41, 5.74) is 0.540. The number of anilines is 1. The third-order valence-electron chi connectivity index (χ3n) is 3.95. The minimum Gasteiger partial charge on any atom is -0.465 e. The standard InChI is InChI=1S/C13H14N4O2/c14-5-9-1-4-12(15-6-9)16-7-11-3-2-10(16)8-17(11)13(18)19/h1,4,6,10-11H,2-3,7-8H2,(H,18,19). The maximum atomic E-state index is 11.1. The van der Waals surface area contributed by atoms with E-state index in [1.165, 1.54) is 4.90 Å². The smallest absolute Gasteiger partial charge is 0.407 e. The van der Waals surface area contributed by atoms with Gasteiger partial charge in [-0.1, -0.05) is 0 Å². The lowest BCUT2D eigenvalue weighted by Gasteiger charge is -2.50. The molecule has 4 heterocycles. The number of piperazine rings is 1. The van der Waals surface area contributed by atoms with Crippen LogP contribution in [0.3, 0.4) is 0 Å². The molecular weight excluding hydrogens is 244 g/mol. The van der Waals surface area contributed by atoms with Crippen molar-refractivity contribution >= 4 is 11.9 Å². The van der Waals surface area contributed by atoms with Crippen LogP contribution in [0.5, 0.6) is 0 Å². The van der Waals surface area contributed by atoms with Crippen molar-refractivity contribution in [2.75, 3.05) is 18.0 Å². The maximum Gasteiger partial charge on any atom is 0.407 e. The zero-order valence-electron chi connectivity index (χ0n) is 10.4. The van der Waals surface area contributed by atoms with Crippen LogP contribution < -0.4 is 4.90 Å². The molecule has 1 aromatic heterocycles. The van der Waals surface area contributed by atoms with Crippen LogP contribution >= 0.6 is 0 Å². The van der Waals surface area contributed by atoms with E-state index in [-0.39, 0.29) is 12.1 Å². The molecule has 1 aromatic rings. The summed E-state index contributed by atoms with van der Waals surface area (Å²) in [7, 11) is 0. The molecule has 98 valence electrons. The number of carboxylic acid groups (broad SMARTS) is 1. The van der Waals surface area contributed by atoms with E-state index < -0.39 is 6.09 Å². The lowest BCUT2D eigenvalue weighted by atomic mass is 9.91. The first-order valence-corrected chi connectivity index (χ1v) is 6.31. The van der Waals surface area contributed by atoms with Gasteiger partial charge in [0.15, 0.2) is 0 Å². The number of amides is 1. The number of hydrogen-bond donors (Lipinski definition) is 1. The normalized spacial score (nSPS) is 25.2. The van der Waals surface area contributed by atoms with Crippen LogP contribution in [0, 0.1) is 11.3 Å². The first-order chi connectivity index (χ1) is 9.19. The number of pyridine rings is 1. The van der Waals surface area contributed by atoms with Crippen LogP contribution in [0.25, 0.3) is 0 Å². The van der Waals surface area contributed by atoms with Gasteiger partial charge in [-0.05, 0) is 25.0 Å². The van der Waals surface area contributed by atoms with Gasteiger partial charge in [0.25, 0.3) is 0 Å². The predicted octanol–water partition coefficient (Wildman–Crippen LogP) is 1.28. The Kier molecular flexibility index (Phi) is 2.75. The molecule has 19 heavy (non-hydrogen) atoms. The Morgan fingerprint density at radius 1 is 1.37 bits per heavy atom. The summed E-state index contributed by atoms with van der Waals surface area (Å²) in [5.74, 6) is 0.832. The number of hydrogen-bond acceptors (Lipinski definition) is 4. The van der Waals surface area contributed by atoms with Crippen LogP contribution in [0.2, 0.25) is 0 Å². The second-order valence-electron chi connectivity index (χ2n) is 4.99. The number of rotatable bonds is 1. The third kappa shape index (κ3) is 1.97. The molecule has 1 N–H and O–H groups in total. The zero-order valence-corrected chi connectivity index (χ0v) is 10.4. The molecule has 2 atom stereocenters. The average molecular weight is 258 g/mol. The molecule has 3 fully saturated rings. The van der Waals surface area contributed by atoms with Crippen LogP contribution in [-0.4, -0.2) is 46.3 Å². The lowest BCUT2D eigenvalue weighted by Crippen LogP contribution is -2.64. The molecule has 0 saturated carbocycles. The molecule has 3 aliphatic heterocycles. The summed E-state index contributed by atoms with van der Waals surface area (Å²) in [5, 5.41) is 17.9.